The highest BCUT2D eigenvalue weighted by atomic mass is 16.5. The zero-order chi connectivity index (χ0) is 13.7. The van der Waals surface area contributed by atoms with E-state index in [0.717, 1.165) is 13.1 Å². The maximum atomic E-state index is 11.7. The zero-order valence-corrected chi connectivity index (χ0v) is 10.5. The Morgan fingerprint density at radius 2 is 2.16 bits per heavy atom. The fourth-order valence-corrected chi connectivity index (χ4v) is 1.76. The SMILES string of the molecule is NC(=O)COc1coc(CN2CCOCC2)cc1=O. The van der Waals surface area contributed by atoms with Crippen LogP contribution in [-0.2, 0) is 16.1 Å². The van der Waals surface area contributed by atoms with Crippen molar-refractivity contribution < 1.29 is 18.7 Å². The highest BCUT2D eigenvalue weighted by Crippen LogP contribution is 2.09. The van der Waals surface area contributed by atoms with Crippen molar-refractivity contribution >= 4 is 5.91 Å². The third kappa shape index (κ3) is 4.08. The van der Waals surface area contributed by atoms with Crippen molar-refractivity contribution in [2.45, 2.75) is 6.54 Å². The maximum absolute atomic E-state index is 11.7. The van der Waals surface area contributed by atoms with Gasteiger partial charge in [0.2, 0.25) is 11.2 Å². The summed E-state index contributed by atoms with van der Waals surface area (Å²) in [5, 5.41) is 0. The molecule has 0 radical (unpaired) electrons. The topological polar surface area (TPSA) is 95.0 Å². The van der Waals surface area contributed by atoms with Crippen LogP contribution in [0.25, 0.3) is 0 Å². The van der Waals surface area contributed by atoms with Crippen molar-refractivity contribution in [1.82, 2.24) is 4.90 Å². The van der Waals surface area contributed by atoms with E-state index in [1.807, 2.05) is 0 Å². The molecule has 7 nitrogen and oxygen atoms in total. The van der Waals surface area contributed by atoms with Crippen LogP contribution >= 0.6 is 0 Å². The number of hydrogen-bond donors (Lipinski definition) is 1. The van der Waals surface area contributed by atoms with E-state index in [-0.39, 0.29) is 17.8 Å². The van der Waals surface area contributed by atoms with E-state index < -0.39 is 5.91 Å². The Hall–Kier alpha value is -1.86. The van der Waals surface area contributed by atoms with E-state index in [9.17, 15) is 9.59 Å². The monoisotopic (exact) mass is 268 g/mol. The second-order valence-electron chi connectivity index (χ2n) is 4.22. The molecule has 1 saturated heterocycles. The van der Waals surface area contributed by atoms with Gasteiger partial charge in [0.05, 0.1) is 19.8 Å². The number of hydrogen-bond acceptors (Lipinski definition) is 6. The van der Waals surface area contributed by atoms with Crippen molar-refractivity contribution in [3.8, 4) is 5.75 Å². The molecule has 1 aliphatic rings. The van der Waals surface area contributed by atoms with Crippen LogP contribution in [0, 0.1) is 0 Å². The van der Waals surface area contributed by atoms with Crippen LogP contribution in [0.15, 0.2) is 21.5 Å². The molecule has 0 atom stereocenters. The number of nitrogens with two attached hydrogens (primary N) is 1. The summed E-state index contributed by atoms with van der Waals surface area (Å²) >= 11 is 0. The van der Waals surface area contributed by atoms with Gasteiger partial charge >= 0.3 is 0 Å². The van der Waals surface area contributed by atoms with Gasteiger partial charge in [-0.3, -0.25) is 14.5 Å². The smallest absolute Gasteiger partial charge is 0.255 e. The number of carbonyl (C=O) groups excluding carboxylic acids is 1. The minimum atomic E-state index is -0.642. The van der Waals surface area contributed by atoms with Crippen LogP contribution in [0.5, 0.6) is 5.75 Å². The van der Waals surface area contributed by atoms with E-state index >= 15 is 0 Å². The quantitative estimate of drug-likeness (QED) is 0.761. The average Bonchev–Trinajstić information content (AvgIpc) is 2.39. The number of morpholine rings is 1. The van der Waals surface area contributed by atoms with Gasteiger partial charge in [0.1, 0.15) is 12.0 Å². The van der Waals surface area contributed by atoms with Crippen molar-refractivity contribution in [2.24, 2.45) is 5.73 Å². The lowest BCUT2D eigenvalue weighted by Gasteiger charge is -2.25. The van der Waals surface area contributed by atoms with Gasteiger partial charge in [-0.25, -0.2) is 0 Å². The van der Waals surface area contributed by atoms with Gasteiger partial charge in [-0.2, -0.15) is 0 Å². The molecule has 1 aromatic rings. The first-order valence-corrected chi connectivity index (χ1v) is 5.98. The Morgan fingerprint density at radius 3 is 2.79 bits per heavy atom. The molecule has 1 fully saturated rings. The molecule has 1 amide bonds. The maximum Gasteiger partial charge on any atom is 0.255 e. The van der Waals surface area contributed by atoms with Crippen LogP contribution in [0.2, 0.25) is 0 Å². The number of carbonyl (C=O) groups is 1. The summed E-state index contributed by atoms with van der Waals surface area (Å²) in [7, 11) is 0. The summed E-state index contributed by atoms with van der Waals surface area (Å²) in [6, 6.07) is 1.37. The molecule has 19 heavy (non-hydrogen) atoms. The van der Waals surface area contributed by atoms with Gasteiger partial charge in [-0.1, -0.05) is 0 Å². The Morgan fingerprint density at radius 1 is 1.42 bits per heavy atom. The molecular formula is C12H16N2O5. The third-order valence-electron chi connectivity index (χ3n) is 2.71. The van der Waals surface area contributed by atoms with Gasteiger partial charge in [0.15, 0.2) is 6.61 Å². The van der Waals surface area contributed by atoms with Crippen molar-refractivity contribution in [2.75, 3.05) is 32.9 Å². The largest absolute Gasteiger partial charge is 0.477 e. The van der Waals surface area contributed by atoms with Gasteiger partial charge in [-0.15, -0.1) is 0 Å². The van der Waals surface area contributed by atoms with Crippen LogP contribution in [0.3, 0.4) is 0 Å². The molecular weight excluding hydrogens is 252 g/mol. The molecule has 0 saturated carbocycles. The van der Waals surface area contributed by atoms with Gasteiger partial charge in [0.25, 0.3) is 5.91 Å². The van der Waals surface area contributed by atoms with E-state index in [4.69, 9.17) is 19.6 Å². The van der Waals surface area contributed by atoms with Crippen LogP contribution in [0.4, 0.5) is 0 Å². The molecule has 104 valence electrons. The summed E-state index contributed by atoms with van der Waals surface area (Å²) in [5.41, 5.74) is 4.61. The second-order valence-corrected chi connectivity index (χ2v) is 4.22. The Labute approximate surface area is 109 Å². The summed E-state index contributed by atoms with van der Waals surface area (Å²) in [6.45, 7) is 3.20. The number of nitrogens with zero attached hydrogens (tertiary/aromatic N) is 1. The standard InChI is InChI=1S/C12H16N2O5/c13-12(16)8-19-11-7-18-9(5-10(11)15)6-14-1-3-17-4-2-14/h5,7H,1-4,6,8H2,(H2,13,16). The van der Waals surface area contributed by atoms with Crippen LogP contribution < -0.4 is 15.9 Å². The lowest BCUT2D eigenvalue weighted by Crippen LogP contribution is -2.35. The first kappa shape index (κ1) is 13.6. The number of ether oxygens (including phenoxy) is 2. The van der Waals surface area contributed by atoms with Crippen molar-refractivity contribution in [3.63, 3.8) is 0 Å². The summed E-state index contributed by atoms with van der Waals surface area (Å²) in [5.74, 6) is -0.0976. The Bertz CT molecular complexity index is 493. The molecule has 1 aliphatic heterocycles. The van der Waals surface area contributed by atoms with Gasteiger partial charge < -0.3 is 19.6 Å². The van der Waals surface area contributed by atoms with E-state index in [1.165, 1.54) is 12.3 Å². The highest BCUT2D eigenvalue weighted by Gasteiger charge is 2.13. The van der Waals surface area contributed by atoms with E-state index in [1.54, 1.807) is 0 Å². The van der Waals surface area contributed by atoms with Crippen LogP contribution in [-0.4, -0.2) is 43.7 Å². The fraction of sp³-hybridized carbons (Fsp3) is 0.500. The molecule has 2 heterocycles. The predicted octanol–water partition coefficient (Wildman–Crippen LogP) is -0.664. The minimum Gasteiger partial charge on any atom is -0.477 e. The Balaban J connectivity index is 1.97. The highest BCUT2D eigenvalue weighted by molar-refractivity contribution is 5.75. The molecule has 1 aromatic heterocycles. The molecule has 2 N–H and O–H groups in total. The first-order chi connectivity index (χ1) is 9.15. The minimum absolute atomic E-state index is 0.00970. The molecule has 0 aromatic carbocycles. The summed E-state index contributed by atoms with van der Waals surface area (Å²) in [6.07, 6.45) is 1.21. The molecule has 0 bridgehead atoms. The van der Waals surface area contributed by atoms with Gasteiger partial charge in [0, 0.05) is 19.2 Å². The number of primary amides is 1. The average molecular weight is 268 g/mol. The first-order valence-electron chi connectivity index (χ1n) is 5.98. The summed E-state index contributed by atoms with van der Waals surface area (Å²) < 4.78 is 15.5. The second kappa shape index (κ2) is 6.35. The van der Waals surface area contributed by atoms with E-state index in [2.05, 4.69) is 4.90 Å². The predicted molar refractivity (Wildman–Crippen MR) is 65.8 cm³/mol. The lowest BCUT2D eigenvalue weighted by atomic mass is 10.3. The molecule has 0 unspecified atom stereocenters. The Kier molecular flexibility index (Phi) is 4.53. The molecule has 2 rings (SSSR count). The number of rotatable bonds is 5. The zero-order valence-electron chi connectivity index (χ0n) is 10.5. The van der Waals surface area contributed by atoms with Crippen LogP contribution in [0.1, 0.15) is 5.76 Å². The third-order valence-corrected chi connectivity index (χ3v) is 2.71. The molecule has 0 spiro atoms. The molecule has 7 heteroatoms. The number of amides is 1. The lowest BCUT2D eigenvalue weighted by molar-refractivity contribution is -0.119. The normalized spacial score (nSPS) is 16.2. The van der Waals surface area contributed by atoms with Gasteiger partial charge in [-0.05, 0) is 0 Å². The summed E-state index contributed by atoms with van der Waals surface area (Å²) in [4.78, 5) is 24.4. The van der Waals surface area contributed by atoms with E-state index in [0.29, 0.717) is 25.5 Å². The van der Waals surface area contributed by atoms with Crippen molar-refractivity contribution in [3.05, 3.63) is 28.3 Å². The fourth-order valence-electron chi connectivity index (χ4n) is 1.76. The van der Waals surface area contributed by atoms with Crippen molar-refractivity contribution in [1.29, 1.82) is 0 Å². The molecule has 0 aliphatic carbocycles.